The van der Waals surface area contributed by atoms with Gasteiger partial charge in [0.25, 0.3) is 0 Å². The first kappa shape index (κ1) is 33.3. The molecule has 2 saturated heterocycles. The maximum absolute atomic E-state index is 13.4. The normalized spacial score (nSPS) is 20.6. The number of H-pyrrole nitrogens is 1. The summed E-state index contributed by atoms with van der Waals surface area (Å²) in [4.78, 5) is 34.4. The van der Waals surface area contributed by atoms with Crippen molar-refractivity contribution in [2.75, 3.05) is 53.6 Å². The molecule has 0 unspecified atom stereocenters. The number of benzene rings is 2. The molecule has 1 aromatic heterocycles. The number of nitrogens with one attached hydrogen (secondary N) is 2. The number of carbonyl (C=O) groups is 2. The van der Waals surface area contributed by atoms with Crippen molar-refractivity contribution >= 4 is 22.7 Å². The monoisotopic (exact) mass is 644 g/mol. The summed E-state index contributed by atoms with van der Waals surface area (Å²) >= 11 is 0. The van der Waals surface area contributed by atoms with E-state index >= 15 is 0 Å². The molecule has 1 aliphatic carbocycles. The summed E-state index contributed by atoms with van der Waals surface area (Å²) in [6.45, 7) is 7.79. The van der Waals surface area contributed by atoms with Crippen LogP contribution >= 0.6 is 0 Å². The van der Waals surface area contributed by atoms with Gasteiger partial charge in [0.2, 0.25) is 11.8 Å². The molecule has 9 heteroatoms. The summed E-state index contributed by atoms with van der Waals surface area (Å²) in [5, 5.41) is 14.4. The molecule has 254 valence electrons. The van der Waals surface area contributed by atoms with Crippen LogP contribution in [-0.2, 0) is 9.59 Å². The molecular formula is C38H52N4O5. The fraction of sp³-hybridized carbons (Fsp3) is 0.579. The van der Waals surface area contributed by atoms with E-state index in [-0.39, 0.29) is 24.3 Å². The zero-order chi connectivity index (χ0) is 33.1. The van der Waals surface area contributed by atoms with E-state index in [1.165, 1.54) is 16.5 Å². The Morgan fingerprint density at radius 2 is 1.72 bits per heavy atom. The molecule has 1 saturated carbocycles. The minimum atomic E-state index is -0.450. The van der Waals surface area contributed by atoms with E-state index in [9.17, 15) is 14.7 Å². The van der Waals surface area contributed by atoms with Crippen molar-refractivity contribution in [2.45, 2.75) is 82.6 Å². The Hall–Kier alpha value is -3.56. The van der Waals surface area contributed by atoms with Crippen molar-refractivity contribution in [3.63, 3.8) is 0 Å². The van der Waals surface area contributed by atoms with Gasteiger partial charge in [-0.1, -0.05) is 32.8 Å². The number of piperidine rings is 2. The number of hydrogen-bond acceptors (Lipinski definition) is 6. The Morgan fingerprint density at radius 3 is 2.40 bits per heavy atom. The summed E-state index contributed by atoms with van der Waals surface area (Å²) in [7, 11) is 3.32. The molecule has 2 aromatic carbocycles. The molecule has 47 heavy (non-hydrogen) atoms. The van der Waals surface area contributed by atoms with Gasteiger partial charge in [0.15, 0.2) is 11.5 Å². The van der Waals surface area contributed by atoms with Crippen LogP contribution in [0.15, 0.2) is 36.4 Å². The number of aromatic nitrogens is 1. The number of aromatic amines is 1. The number of aliphatic hydroxyl groups is 1. The second-order valence-corrected chi connectivity index (χ2v) is 14.3. The maximum Gasteiger partial charge on any atom is 0.236 e. The number of aliphatic hydroxyl groups excluding tert-OH is 1. The minimum absolute atomic E-state index is 0.00191. The van der Waals surface area contributed by atoms with Crippen LogP contribution in [-0.4, -0.2) is 90.8 Å². The van der Waals surface area contributed by atoms with Gasteiger partial charge < -0.3 is 29.8 Å². The van der Waals surface area contributed by atoms with E-state index in [4.69, 9.17) is 9.47 Å². The topological polar surface area (TPSA) is 107 Å². The average molecular weight is 645 g/mol. The van der Waals surface area contributed by atoms with Gasteiger partial charge in [0, 0.05) is 36.1 Å². The number of rotatable bonds is 10. The summed E-state index contributed by atoms with van der Waals surface area (Å²) in [5.74, 6) is 2.22. The molecule has 3 aliphatic rings. The summed E-state index contributed by atoms with van der Waals surface area (Å²) < 4.78 is 11.1. The first-order chi connectivity index (χ1) is 22.7. The smallest absolute Gasteiger partial charge is 0.236 e. The fourth-order valence-corrected chi connectivity index (χ4v) is 8.21. The van der Waals surface area contributed by atoms with Crippen LogP contribution in [0.2, 0.25) is 0 Å². The van der Waals surface area contributed by atoms with Crippen LogP contribution in [0.4, 0.5) is 0 Å². The van der Waals surface area contributed by atoms with Gasteiger partial charge in [0.1, 0.15) is 0 Å². The molecule has 1 atom stereocenters. The molecule has 9 nitrogen and oxygen atoms in total. The minimum Gasteiger partial charge on any atom is -0.493 e. The average Bonchev–Trinajstić information content (AvgIpc) is 3.73. The third-order valence-electron chi connectivity index (χ3n) is 10.9. The van der Waals surface area contributed by atoms with E-state index in [0.717, 1.165) is 87.8 Å². The van der Waals surface area contributed by atoms with Gasteiger partial charge in [0.05, 0.1) is 44.5 Å². The number of nitrogens with zero attached hydrogens (tertiary/aromatic N) is 2. The lowest BCUT2D eigenvalue weighted by molar-refractivity contribution is -0.136. The van der Waals surface area contributed by atoms with Crippen molar-refractivity contribution < 1.29 is 24.2 Å². The zero-order valence-corrected chi connectivity index (χ0v) is 28.6. The number of ether oxygens (including phenoxy) is 2. The first-order valence-corrected chi connectivity index (χ1v) is 17.5. The second kappa shape index (κ2) is 14.3. The first-order valence-electron chi connectivity index (χ1n) is 17.5. The standard InChI is InChI=1S/C38H52N4O5/c1-25(2)35-30-20-27(9-11-31(30)39-36(35)28-10-12-32(46-3)33(21-28)47-4)26-13-18-42(19-14-26)34(44)23-41-17-7-8-29(22-41)37(45)40-38(24-43)15-5-6-16-38/h9-12,20-21,25-26,29,39,43H,5-8,13-19,22-24H2,1-4H3,(H,40,45)/t29-/m0/s1. The largest absolute Gasteiger partial charge is 0.493 e. The zero-order valence-electron chi connectivity index (χ0n) is 28.6. The van der Waals surface area contributed by atoms with Crippen LogP contribution in [0.1, 0.15) is 88.2 Å². The summed E-state index contributed by atoms with van der Waals surface area (Å²) in [5.41, 5.74) is 5.48. The highest BCUT2D eigenvalue weighted by Gasteiger charge is 2.37. The van der Waals surface area contributed by atoms with Crippen LogP contribution in [0.25, 0.3) is 22.2 Å². The second-order valence-electron chi connectivity index (χ2n) is 14.3. The van der Waals surface area contributed by atoms with Crippen molar-refractivity contribution in [3.05, 3.63) is 47.5 Å². The molecule has 3 N–H and O–H groups in total. The number of methoxy groups -OCH3 is 2. The predicted octanol–water partition coefficient (Wildman–Crippen LogP) is 5.81. The highest BCUT2D eigenvalue weighted by Crippen LogP contribution is 2.40. The quantitative estimate of drug-likeness (QED) is 0.257. The Morgan fingerprint density at radius 1 is 0.979 bits per heavy atom. The van der Waals surface area contributed by atoms with Crippen molar-refractivity contribution in [2.24, 2.45) is 5.92 Å². The highest BCUT2D eigenvalue weighted by molar-refractivity contribution is 5.92. The number of hydrogen-bond donors (Lipinski definition) is 3. The lowest BCUT2D eigenvalue weighted by atomic mass is 9.87. The van der Waals surface area contributed by atoms with Gasteiger partial charge in [-0.05, 0) is 98.4 Å². The lowest BCUT2D eigenvalue weighted by Gasteiger charge is -2.37. The molecule has 2 aliphatic heterocycles. The fourth-order valence-electron chi connectivity index (χ4n) is 8.21. The molecule has 0 spiro atoms. The molecule has 6 rings (SSSR count). The van der Waals surface area contributed by atoms with Crippen molar-refractivity contribution in [1.29, 1.82) is 0 Å². The molecule has 0 bridgehead atoms. The number of fused-ring (bicyclic) bond motifs is 1. The van der Waals surface area contributed by atoms with E-state index in [0.29, 0.717) is 36.4 Å². The third kappa shape index (κ3) is 7.02. The highest BCUT2D eigenvalue weighted by atomic mass is 16.5. The van der Waals surface area contributed by atoms with Crippen molar-refractivity contribution in [1.82, 2.24) is 20.1 Å². The predicted molar refractivity (Wildman–Crippen MR) is 185 cm³/mol. The molecule has 3 fully saturated rings. The molecule has 2 amide bonds. The van der Waals surface area contributed by atoms with Gasteiger partial charge in [-0.2, -0.15) is 0 Å². The van der Waals surface area contributed by atoms with Gasteiger partial charge >= 0.3 is 0 Å². The molecule has 3 heterocycles. The van der Waals surface area contributed by atoms with Crippen molar-refractivity contribution in [3.8, 4) is 22.8 Å². The van der Waals surface area contributed by atoms with Crippen LogP contribution < -0.4 is 14.8 Å². The van der Waals surface area contributed by atoms with Crippen LogP contribution in [0.3, 0.4) is 0 Å². The number of likely N-dealkylation sites (tertiary alicyclic amines) is 2. The Kier molecular flexibility index (Phi) is 10.1. The maximum atomic E-state index is 13.4. The van der Waals surface area contributed by atoms with E-state index in [1.54, 1.807) is 14.2 Å². The number of amides is 2. The molecule has 3 aromatic rings. The van der Waals surface area contributed by atoms with Crippen LogP contribution in [0, 0.1) is 5.92 Å². The third-order valence-corrected chi connectivity index (χ3v) is 10.9. The molecular weight excluding hydrogens is 592 g/mol. The Labute approximate surface area is 279 Å². The SMILES string of the molecule is COc1ccc(-c2[nH]c3ccc(C4CCN(C(=O)CN5CCC[C@H](C(=O)NC6(CO)CCCC6)C5)CC4)cc3c2C(C)C)cc1OC. The van der Waals surface area contributed by atoms with E-state index < -0.39 is 5.54 Å². The Bertz CT molecular complexity index is 1570. The van der Waals surface area contributed by atoms with Gasteiger partial charge in [-0.25, -0.2) is 0 Å². The summed E-state index contributed by atoms with van der Waals surface area (Å²) in [6, 6.07) is 12.9. The van der Waals surface area contributed by atoms with Crippen LogP contribution in [0.5, 0.6) is 11.5 Å². The van der Waals surface area contributed by atoms with Gasteiger partial charge in [-0.3, -0.25) is 14.5 Å². The molecule has 0 radical (unpaired) electrons. The summed E-state index contributed by atoms with van der Waals surface area (Å²) in [6.07, 6.45) is 7.41. The van der Waals surface area contributed by atoms with E-state index in [2.05, 4.69) is 53.3 Å². The van der Waals surface area contributed by atoms with E-state index in [1.807, 2.05) is 17.0 Å². The Balaban J connectivity index is 1.08. The van der Waals surface area contributed by atoms with Gasteiger partial charge in [-0.15, -0.1) is 0 Å². The number of carbonyl (C=O) groups excluding carboxylic acids is 2. The lowest BCUT2D eigenvalue weighted by Crippen LogP contribution is -2.54.